The second-order valence-corrected chi connectivity index (χ2v) is 2.90. The van der Waals surface area contributed by atoms with Crippen molar-refractivity contribution in [1.29, 1.82) is 0 Å². The third-order valence-electron chi connectivity index (χ3n) is 1.02. The van der Waals surface area contributed by atoms with Crippen LogP contribution in [0.4, 0.5) is 0 Å². The Labute approximate surface area is 61.0 Å². The molecule has 0 saturated carbocycles. The van der Waals surface area contributed by atoms with Gasteiger partial charge in [-0.2, -0.15) is 0 Å². The van der Waals surface area contributed by atoms with E-state index in [1.54, 1.807) is 13.8 Å². The minimum Gasteiger partial charge on any atom is -0.466 e. The Morgan fingerprint density at radius 2 is 2.10 bits per heavy atom. The predicted octanol–water partition coefficient (Wildman–Crippen LogP) is 0.711. The molecular formula is C7H14O3. The first-order valence-electron chi connectivity index (χ1n) is 3.27. The van der Waals surface area contributed by atoms with Gasteiger partial charge in [0.2, 0.25) is 0 Å². The lowest BCUT2D eigenvalue weighted by atomic mass is 10.1. The van der Waals surface area contributed by atoms with Gasteiger partial charge in [-0.3, -0.25) is 4.79 Å². The van der Waals surface area contributed by atoms with Crippen LogP contribution in [0.3, 0.4) is 0 Å². The zero-order valence-corrected chi connectivity index (χ0v) is 6.68. The number of hydrogen-bond acceptors (Lipinski definition) is 3. The molecule has 60 valence electrons. The summed E-state index contributed by atoms with van der Waals surface area (Å²) in [6.07, 6.45) is 0.479. The van der Waals surface area contributed by atoms with Gasteiger partial charge >= 0.3 is 5.97 Å². The molecule has 0 aromatic carbocycles. The summed E-state index contributed by atoms with van der Waals surface area (Å²) in [5, 5.41) is 9.14. The SMILES string of the molecule is CC(=O)OCCC(C)(C)O. The molecule has 3 nitrogen and oxygen atoms in total. The second kappa shape index (κ2) is 3.56. The molecular weight excluding hydrogens is 132 g/mol. The molecule has 3 heteroatoms. The molecule has 0 spiro atoms. The summed E-state index contributed by atoms with van der Waals surface area (Å²) in [5.74, 6) is -0.302. The molecule has 0 aliphatic rings. The highest BCUT2D eigenvalue weighted by atomic mass is 16.5. The summed E-state index contributed by atoms with van der Waals surface area (Å²) < 4.78 is 4.62. The van der Waals surface area contributed by atoms with Crippen LogP contribution in [0.1, 0.15) is 27.2 Å². The highest BCUT2D eigenvalue weighted by Crippen LogP contribution is 2.06. The molecule has 0 aliphatic heterocycles. The minimum absolute atomic E-state index is 0.291. The minimum atomic E-state index is -0.741. The largest absolute Gasteiger partial charge is 0.466 e. The van der Waals surface area contributed by atoms with Crippen LogP contribution >= 0.6 is 0 Å². The zero-order valence-electron chi connectivity index (χ0n) is 6.68. The van der Waals surface area contributed by atoms with Crippen molar-refractivity contribution in [2.75, 3.05) is 6.61 Å². The number of esters is 1. The van der Waals surface area contributed by atoms with Gasteiger partial charge in [-0.15, -0.1) is 0 Å². The molecule has 10 heavy (non-hydrogen) atoms. The first-order valence-corrected chi connectivity index (χ1v) is 3.27. The molecule has 0 aromatic heterocycles. The molecule has 0 fully saturated rings. The fourth-order valence-electron chi connectivity index (χ4n) is 0.445. The summed E-state index contributed by atoms with van der Waals surface area (Å²) in [7, 11) is 0. The molecule has 0 bridgehead atoms. The third kappa shape index (κ3) is 7.43. The van der Waals surface area contributed by atoms with Crippen LogP contribution in [-0.2, 0) is 9.53 Å². The van der Waals surface area contributed by atoms with Gasteiger partial charge in [-0.1, -0.05) is 0 Å². The van der Waals surface area contributed by atoms with E-state index in [0.29, 0.717) is 13.0 Å². The van der Waals surface area contributed by atoms with Crippen molar-refractivity contribution in [1.82, 2.24) is 0 Å². The van der Waals surface area contributed by atoms with Crippen molar-refractivity contribution in [2.45, 2.75) is 32.8 Å². The van der Waals surface area contributed by atoms with Gasteiger partial charge < -0.3 is 9.84 Å². The van der Waals surface area contributed by atoms with Crippen LogP contribution in [0.25, 0.3) is 0 Å². The molecule has 0 aliphatic carbocycles. The van der Waals surface area contributed by atoms with E-state index in [-0.39, 0.29) is 5.97 Å². The first-order chi connectivity index (χ1) is 4.42. The molecule has 0 aromatic rings. The number of ether oxygens (including phenoxy) is 1. The summed E-state index contributed by atoms with van der Waals surface area (Å²) >= 11 is 0. The highest BCUT2D eigenvalue weighted by Gasteiger charge is 2.11. The number of aliphatic hydroxyl groups is 1. The molecule has 1 N–H and O–H groups in total. The Hall–Kier alpha value is -0.570. The highest BCUT2D eigenvalue weighted by molar-refractivity contribution is 5.65. The van der Waals surface area contributed by atoms with E-state index in [1.165, 1.54) is 6.92 Å². The van der Waals surface area contributed by atoms with Crippen molar-refractivity contribution in [3.63, 3.8) is 0 Å². The van der Waals surface area contributed by atoms with Crippen LogP contribution in [0.2, 0.25) is 0 Å². The monoisotopic (exact) mass is 146 g/mol. The number of carbonyl (C=O) groups excluding carboxylic acids is 1. The lowest BCUT2D eigenvalue weighted by Gasteiger charge is -2.15. The van der Waals surface area contributed by atoms with E-state index >= 15 is 0 Å². The van der Waals surface area contributed by atoms with E-state index in [2.05, 4.69) is 4.74 Å². The van der Waals surface area contributed by atoms with Gasteiger partial charge in [0, 0.05) is 13.3 Å². The summed E-state index contributed by atoms with van der Waals surface area (Å²) in [6.45, 7) is 5.00. The maximum Gasteiger partial charge on any atom is 0.302 e. The van der Waals surface area contributed by atoms with Gasteiger partial charge in [0.05, 0.1) is 12.2 Å². The third-order valence-corrected chi connectivity index (χ3v) is 1.02. The second-order valence-electron chi connectivity index (χ2n) is 2.90. The van der Waals surface area contributed by atoms with E-state index in [4.69, 9.17) is 5.11 Å². The van der Waals surface area contributed by atoms with Crippen LogP contribution in [-0.4, -0.2) is 23.3 Å². The maximum absolute atomic E-state index is 10.2. The van der Waals surface area contributed by atoms with Gasteiger partial charge in [0.1, 0.15) is 0 Å². The smallest absolute Gasteiger partial charge is 0.302 e. The Bertz CT molecular complexity index is 113. The van der Waals surface area contributed by atoms with Crippen LogP contribution in [0.5, 0.6) is 0 Å². The molecule has 0 saturated heterocycles. The molecule has 0 unspecified atom stereocenters. The lowest BCUT2D eigenvalue weighted by Crippen LogP contribution is -2.21. The molecule has 0 radical (unpaired) electrons. The Morgan fingerprint density at radius 3 is 2.40 bits per heavy atom. The fraction of sp³-hybridized carbons (Fsp3) is 0.857. The number of hydrogen-bond donors (Lipinski definition) is 1. The number of rotatable bonds is 3. The number of carbonyl (C=O) groups is 1. The van der Waals surface area contributed by atoms with Crippen LogP contribution in [0, 0.1) is 0 Å². The van der Waals surface area contributed by atoms with Crippen molar-refractivity contribution in [3.8, 4) is 0 Å². The fourth-order valence-corrected chi connectivity index (χ4v) is 0.445. The van der Waals surface area contributed by atoms with E-state index in [1.807, 2.05) is 0 Å². The molecule has 0 rings (SSSR count). The molecule has 0 heterocycles. The van der Waals surface area contributed by atoms with Crippen LogP contribution < -0.4 is 0 Å². The Morgan fingerprint density at radius 1 is 1.60 bits per heavy atom. The van der Waals surface area contributed by atoms with Crippen molar-refractivity contribution >= 4 is 5.97 Å². The van der Waals surface area contributed by atoms with Gasteiger partial charge in [-0.05, 0) is 13.8 Å². The Kier molecular flexibility index (Phi) is 3.36. The zero-order chi connectivity index (χ0) is 8.20. The lowest BCUT2D eigenvalue weighted by molar-refractivity contribution is -0.142. The van der Waals surface area contributed by atoms with E-state index in [9.17, 15) is 4.79 Å². The molecule has 0 atom stereocenters. The summed E-state index contributed by atoms with van der Waals surface area (Å²) in [6, 6.07) is 0. The van der Waals surface area contributed by atoms with Crippen molar-refractivity contribution in [3.05, 3.63) is 0 Å². The predicted molar refractivity (Wildman–Crippen MR) is 37.5 cm³/mol. The van der Waals surface area contributed by atoms with Gasteiger partial charge in [0.25, 0.3) is 0 Å². The average molecular weight is 146 g/mol. The standard InChI is InChI=1S/C7H14O3/c1-6(8)10-5-4-7(2,3)9/h9H,4-5H2,1-3H3. The van der Waals surface area contributed by atoms with Crippen molar-refractivity contribution < 1.29 is 14.6 Å². The molecule has 0 amide bonds. The van der Waals surface area contributed by atoms with Crippen molar-refractivity contribution in [2.24, 2.45) is 0 Å². The normalized spacial score (nSPS) is 11.2. The summed E-state index contributed by atoms with van der Waals surface area (Å²) in [5.41, 5.74) is -0.741. The maximum atomic E-state index is 10.2. The Balaban J connectivity index is 3.29. The van der Waals surface area contributed by atoms with E-state index in [0.717, 1.165) is 0 Å². The van der Waals surface area contributed by atoms with Crippen LogP contribution in [0.15, 0.2) is 0 Å². The van der Waals surface area contributed by atoms with Gasteiger partial charge in [-0.25, -0.2) is 0 Å². The first kappa shape index (κ1) is 9.43. The van der Waals surface area contributed by atoms with E-state index < -0.39 is 5.60 Å². The quantitative estimate of drug-likeness (QED) is 0.596. The summed E-state index contributed by atoms with van der Waals surface area (Å²) in [4.78, 5) is 10.2. The average Bonchev–Trinajstić information content (AvgIpc) is 1.59. The topological polar surface area (TPSA) is 46.5 Å². The van der Waals surface area contributed by atoms with Gasteiger partial charge in [0.15, 0.2) is 0 Å².